The number of benzene rings is 1. The van der Waals surface area contributed by atoms with Crippen molar-refractivity contribution in [3.8, 4) is 0 Å². The molecule has 1 N–H and O–H groups in total. The Balaban J connectivity index is 2.26. The van der Waals surface area contributed by atoms with Crippen LogP contribution in [0.25, 0.3) is 0 Å². The molecule has 0 radical (unpaired) electrons. The molecule has 0 aliphatic carbocycles. The molecule has 23 heavy (non-hydrogen) atoms. The quantitative estimate of drug-likeness (QED) is 0.533. The van der Waals surface area contributed by atoms with Crippen LogP contribution in [0.2, 0.25) is 0 Å². The number of carbonyl (C=O) groups excluding carboxylic acids is 2. The maximum Gasteiger partial charge on any atom is 0.288 e. The van der Waals surface area contributed by atoms with Crippen LogP contribution in [-0.2, 0) is 0 Å². The van der Waals surface area contributed by atoms with Gasteiger partial charge in [-0.25, -0.2) is 0 Å². The minimum atomic E-state index is -0.720. The summed E-state index contributed by atoms with van der Waals surface area (Å²) in [7, 11) is 0. The van der Waals surface area contributed by atoms with E-state index in [9.17, 15) is 19.7 Å². The molecule has 0 unspecified atom stereocenters. The van der Waals surface area contributed by atoms with E-state index >= 15 is 0 Å². The maximum absolute atomic E-state index is 12.2. The molecule has 118 valence electrons. The third kappa shape index (κ3) is 3.76. The van der Waals surface area contributed by atoms with E-state index in [4.69, 9.17) is 0 Å². The van der Waals surface area contributed by atoms with Gasteiger partial charge >= 0.3 is 0 Å². The normalized spacial score (nSPS) is 10.2. The first-order valence-electron chi connectivity index (χ1n) is 6.83. The summed E-state index contributed by atoms with van der Waals surface area (Å²) in [5, 5.41) is 13.0. The van der Waals surface area contributed by atoms with Crippen LogP contribution in [0.5, 0.6) is 0 Å². The smallest absolute Gasteiger partial charge is 0.288 e. The highest BCUT2D eigenvalue weighted by atomic mass is 16.6. The van der Waals surface area contributed by atoms with Crippen molar-refractivity contribution in [3.05, 3.63) is 68.5 Å². The Morgan fingerprint density at radius 1 is 1.04 bits per heavy atom. The van der Waals surface area contributed by atoms with Gasteiger partial charge in [0.05, 0.1) is 16.2 Å². The first-order chi connectivity index (χ1) is 10.8. The van der Waals surface area contributed by atoms with E-state index in [-0.39, 0.29) is 11.3 Å². The maximum atomic E-state index is 12.2. The zero-order valence-electron chi connectivity index (χ0n) is 12.9. The summed E-state index contributed by atoms with van der Waals surface area (Å²) < 4.78 is 0. The number of rotatable bonds is 3. The fourth-order valence-corrected chi connectivity index (χ4v) is 2.20. The van der Waals surface area contributed by atoms with Gasteiger partial charge in [0.15, 0.2) is 0 Å². The molecule has 0 saturated heterocycles. The summed E-state index contributed by atoms with van der Waals surface area (Å²) >= 11 is 0. The van der Waals surface area contributed by atoms with E-state index in [1.54, 1.807) is 19.1 Å². The molecule has 2 rings (SSSR count). The van der Waals surface area contributed by atoms with Crippen molar-refractivity contribution in [2.45, 2.75) is 20.8 Å². The van der Waals surface area contributed by atoms with E-state index in [1.165, 1.54) is 0 Å². The van der Waals surface area contributed by atoms with E-state index in [1.807, 2.05) is 19.9 Å². The van der Waals surface area contributed by atoms with Gasteiger partial charge in [-0.3, -0.25) is 30.0 Å². The van der Waals surface area contributed by atoms with Crippen molar-refractivity contribution in [3.63, 3.8) is 0 Å². The summed E-state index contributed by atoms with van der Waals surface area (Å²) in [5.41, 5.74) is 2.15. The van der Waals surface area contributed by atoms with Gasteiger partial charge in [-0.05, 0) is 32.9 Å². The van der Waals surface area contributed by atoms with Gasteiger partial charge in [0.25, 0.3) is 17.5 Å². The minimum Gasteiger partial charge on any atom is -0.288 e. The standard InChI is InChI=1S/C16H15N3O4/c1-9-4-10(2)6-12(5-9)15(20)18-16(21)14-7-13(19(22)23)8-17-11(14)3/h4-8H,1-3H3,(H,18,20,21). The second-order valence-electron chi connectivity index (χ2n) is 5.24. The lowest BCUT2D eigenvalue weighted by molar-refractivity contribution is -0.385. The topological polar surface area (TPSA) is 102 Å². The van der Waals surface area contributed by atoms with Gasteiger partial charge in [0.1, 0.15) is 6.20 Å². The van der Waals surface area contributed by atoms with Gasteiger partial charge in [0, 0.05) is 11.6 Å². The highest BCUT2D eigenvalue weighted by molar-refractivity contribution is 6.11. The first kappa shape index (κ1) is 16.3. The molecule has 7 nitrogen and oxygen atoms in total. The summed E-state index contributed by atoms with van der Waals surface area (Å²) in [6.07, 6.45) is 1.07. The van der Waals surface area contributed by atoms with Crippen LogP contribution >= 0.6 is 0 Å². The van der Waals surface area contributed by atoms with Crippen molar-refractivity contribution >= 4 is 17.5 Å². The number of aryl methyl sites for hydroxylation is 3. The van der Waals surface area contributed by atoms with Crippen molar-refractivity contribution in [2.75, 3.05) is 0 Å². The Bertz CT molecular complexity index is 795. The molecule has 0 spiro atoms. The van der Waals surface area contributed by atoms with Crippen LogP contribution in [0.1, 0.15) is 37.5 Å². The Kier molecular flexibility index (Phi) is 4.49. The molecule has 0 atom stereocenters. The van der Waals surface area contributed by atoms with Crippen LogP contribution in [0, 0.1) is 30.9 Å². The van der Waals surface area contributed by atoms with E-state index in [2.05, 4.69) is 10.3 Å². The van der Waals surface area contributed by atoms with Crippen molar-refractivity contribution in [1.29, 1.82) is 0 Å². The number of imide groups is 1. The van der Waals surface area contributed by atoms with Crippen molar-refractivity contribution in [1.82, 2.24) is 10.3 Å². The molecular formula is C16H15N3O4. The zero-order chi connectivity index (χ0) is 17.1. The highest BCUT2D eigenvalue weighted by Crippen LogP contribution is 2.15. The number of aromatic nitrogens is 1. The van der Waals surface area contributed by atoms with Crippen LogP contribution in [0.4, 0.5) is 5.69 Å². The monoisotopic (exact) mass is 313 g/mol. The molecule has 2 amide bonds. The fourth-order valence-electron chi connectivity index (χ4n) is 2.20. The van der Waals surface area contributed by atoms with Gasteiger partial charge in [-0.2, -0.15) is 0 Å². The molecule has 1 heterocycles. The summed E-state index contributed by atoms with van der Waals surface area (Å²) in [6.45, 7) is 5.24. The minimum absolute atomic E-state index is 0.00285. The summed E-state index contributed by atoms with van der Waals surface area (Å²) in [4.78, 5) is 38.3. The van der Waals surface area contributed by atoms with Crippen LogP contribution in [0.3, 0.4) is 0 Å². The van der Waals surface area contributed by atoms with Crippen LogP contribution in [-0.4, -0.2) is 21.7 Å². The molecule has 1 aromatic carbocycles. The molecular weight excluding hydrogens is 298 g/mol. The molecule has 1 aromatic heterocycles. The predicted molar refractivity (Wildman–Crippen MR) is 83.3 cm³/mol. The van der Waals surface area contributed by atoms with Gasteiger partial charge < -0.3 is 0 Å². The molecule has 2 aromatic rings. The first-order valence-corrected chi connectivity index (χ1v) is 6.83. The number of carbonyl (C=O) groups is 2. The largest absolute Gasteiger partial charge is 0.288 e. The number of amides is 2. The molecule has 0 saturated carbocycles. The average molecular weight is 313 g/mol. The van der Waals surface area contributed by atoms with Gasteiger partial charge in [-0.1, -0.05) is 17.2 Å². The van der Waals surface area contributed by atoms with Crippen LogP contribution < -0.4 is 5.32 Å². The van der Waals surface area contributed by atoms with Crippen molar-refractivity contribution < 1.29 is 14.5 Å². The molecule has 0 aliphatic rings. The lowest BCUT2D eigenvalue weighted by atomic mass is 10.1. The molecule has 7 heteroatoms. The molecule has 0 aliphatic heterocycles. The van der Waals surface area contributed by atoms with E-state index < -0.39 is 16.7 Å². The average Bonchev–Trinajstić information content (AvgIpc) is 2.46. The summed E-state index contributed by atoms with van der Waals surface area (Å²) in [5.74, 6) is -1.28. The Labute approximate surface area is 132 Å². The summed E-state index contributed by atoms with van der Waals surface area (Å²) in [6, 6.07) is 6.34. The van der Waals surface area contributed by atoms with Gasteiger partial charge in [0.2, 0.25) is 0 Å². The number of nitrogens with one attached hydrogen (secondary N) is 1. The highest BCUT2D eigenvalue weighted by Gasteiger charge is 2.18. The SMILES string of the molecule is Cc1cc(C)cc(C(=O)NC(=O)c2cc([N+](=O)[O-])cnc2C)c1. The number of pyridine rings is 1. The van der Waals surface area contributed by atoms with E-state index in [0.717, 1.165) is 23.4 Å². The second kappa shape index (κ2) is 6.35. The number of nitro groups is 1. The predicted octanol–water partition coefficient (Wildman–Crippen LogP) is 2.49. The third-order valence-electron chi connectivity index (χ3n) is 3.24. The molecule has 0 fully saturated rings. The number of hydrogen-bond donors (Lipinski definition) is 1. The lowest BCUT2D eigenvalue weighted by Crippen LogP contribution is -2.31. The number of nitrogens with zero attached hydrogens (tertiary/aromatic N) is 2. The Morgan fingerprint density at radius 3 is 2.22 bits per heavy atom. The Hall–Kier alpha value is -3.09. The van der Waals surface area contributed by atoms with Crippen molar-refractivity contribution in [2.24, 2.45) is 0 Å². The molecule has 0 bridgehead atoms. The lowest BCUT2D eigenvalue weighted by Gasteiger charge is -2.07. The van der Waals surface area contributed by atoms with Gasteiger partial charge in [-0.15, -0.1) is 0 Å². The second-order valence-corrected chi connectivity index (χ2v) is 5.24. The number of hydrogen-bond acceptors (Lipinski definition) is 5. The Morgan fingerprint density at radius 2 is 1.65 bits per heavy atom. The van der Waals surface area contributed by atoms with Crippen LogP contribution in [0.15, 0.2) is 30.5 Å². The third-order valence-corrected chi connectivity index (χ3v) is 3.24. The fraction of sp³-hybridized carbons (Fsp3) is 0.188. The zero-order valence-corrected chi connectivity index (χ0v) is 12.9. The van der Waals surface area contributed by atoms with E-state index in [0.29, 0.717) is 11.3 Å².